The van der Waals surface area contributed by atoms with Gasteiger partial charge in [-0.25, -0.2) is 0 Å². The van der Waals surface area contributed by atoms with Crippen LogP contribution in [0.15, 0.2) is 35.3 Å². The summed E-state index contributed by atoms with van der Waals surface area (Å²) in [5.41, 5.74) is 1.39. The Balaban J connectivity index is 1.46. The lowest BCUT2D eigenvalue weighted by atomic mass is 10.1. The molecule has 2 aliphatic rings. The van der Waals surface area contributed by atoms with Crippen molar-refractivity contribution < 1.29 is 0 Å². The Kier molecular flexibility index (Phi) is 5.20. The number of rotatable bonds is 5. The first kappa shape index (κ1) is 14.9. The van der Waals surface area contributed by atoms with Crippen molar-refractivity contribution in [3.05, 3.63) is 35.9 Å². The molecule has 2 unspecified atom stereocenters. The summed E-state index contributed by atoms with van der Waals surface area (Å²) in [6.07, 6.45) is 3.78. The lowest BCUT2D eigenvalue weighted by Gasteiger charge is -2.21. The molecule has 0 aromatic heterocycles. The number of hydrogen-bond donors (Lipinski definition) is 1. The van der Waals surface area contributed by atoms with Crippen molar-refractivity contribution in [1.82, 2.24) is 10.2 Å². The van der Waals surface area contributed by atoms with Crippen LogP contribution in [-0.4, -0.2) is 47.5 Å². The molecule has 0 bridgehead atoms. The van der Waals surface area contributed by atoms with Gasteiger partial charge >= 0.3 is 0 Å². The molecule has 1 saturated heterocycles. The van der Waals surface area contributed by atoms with Crippen LogP contribution < -0.4 is 5.32 Å². The van der Waals surface area contributed by atoms with Crippen molar-refractivity contribution in [2.75, 3.05) is 25.4 Å². The largest absolute Gasteiger partial charge is 0.361 e. The van der Waals surface area contributed by atoms with Crippen LogP contribution in [0, 0.1) is 0 Å². The standard InChI is InChI=1S/C17H25N3S/c1-14(12-20-9-5-6-10-20)18-17-19-16(13-21-17)11-15-7-3-2-4-8-15/h2-4,7-8,14,16H,5-6,9-13H2,1H3,(H,18,19). The van der Waals surface area contributed by atoms with E-state index in [9.17, 15) is 0 Å². The molecule has 0 aliphatic carbocycles. The fraction of sp³-hybridized carbons (Fsp3) is 0.588. The number of nitrogens with one attached hydrogen (secondary N) is 1. The van der Waals surface area contributed by atoms with Gasteiger partial charge in [-0.2, -0.15) is 0 Å². The minimum atomic E-state index is 0.430. The molecule has 1 aromatic rings. The van der Waals surface area contributed by atoms with Crippen LogP contribution in [0.25, 0.3) is 0 Å². The van der Waals surface area contributed by atoms with E-state index in [1.165, 1.54) is 31.5 Å². The molecule has 2 aliphatic heterocycles. The van der Waals surface area contributed by atoms with Crippen molar-refractivity contribution in [2.24, 2.45) is 4.99 Å². The molecule has 0 radical (unpaired) electrons. The number of aliphatic imine (C=N–C) groups is 1. The molecular weight excluding hydrogens is 278 g/mol. The molecular formula is C17H25N3S. The van der Waals surface area contributed by atoms with E-state index >= 15 is 0 Å². The average Bonchev–Trinajstić information content (AvgIpc) is 3.12. The van der Waals surface area contributed by atoms with Gasteiger partial charge in [-0.05, 0) is 44.8 Å². The number of likely N-dealkylation sites (tertiary alicyclic amines) is 1. The van der Waals surface area contributed by atoms with Crippen molar-refractivity contribution in [3.63, 3.8) is 0 Å². The maximum atomic E-state index is 4.85. The highest BCUT2D eigenvalue weighted by Gasteiger charge is 2.21. The number of hydrogen-bond acceptors (Lipinski definition) is 4. The molecule has 3 nitrogen and oxygen atoms in total. The van der Waals surface area contributed by atoms with Crippen molar-refractivity contribution in [1.29, 1.82) is 0 Å². The Bertz CT molecular complexity index is 468. The number of benzene rings is 1. The van der Waals surface area contributed by atoms with Gasteiger partial charge in [0, 0.05) is 18.3 Å². The zero-order chi connectivity index (χ0) is 14.5. The quantitative estimate of drug-likeness (QED) is 0.906. The predicted octanol–water partition coefficient (Wildman–Crippen LogP) is 2.77. The fourth-order valence-electron chi connectivity index (χ4n) is 3.09. The van der Waals surface area contributed by atoms with E-state index < -0.39 is 0 Å². The Labute approximate surface area is 132 Å². The first-order chi connectivity index (χ1) is 10.3. The monoisotopic (exact) mass is 303 g/mol. The smallest absolute Gasteiger partial charge is 0.157 e. The van der Waals surface area contributed by atoms with Gasteiger partial charge in [0.1, 0.15) is 0 Å². The van der Waals surface area contributed by atoms with Gasteiger partial charge in [0.25, 0.3) is 0 Å². The minimum Gasteiger partial charge on any atom is -0.361 e. The molecule has 2 atom stereocenters. The van der Waals surface area contributed by atoms with E-state index in [1.807, 2.05) is 11.8 Å². The summed E-state index contributed by atoms with van der Waals surface area (Å²) in [5.74, 6) is 1.10. The Morgan fingerprint density at radius 3 is 2.81 bits per heavy atom. The Morgan fingerprint density at radius 1 is 1.29 bits per heavy atom. The molecule has 4 heteroatoms. The van der Waals surface area contributed by atoms with Gasteiger partial charge in [0.05, 0.1) is 6.04 Å². The second-order valence-corrected chi connectivity index (χ2v) is 7.15. The first-order valence-electron chi connectivity index (χ1n) is 8.03. The molecule has 2 heterocycles. The van der Waals surface area contributed by atoms with E-state index in [1.54, 1.807) is 0 Å². The average molecular weight is 303 g/mol. The zero-order valence-corrected chi connectivity index (χ0v) is 13.6. The molecule has 0 amide bonds. The van der Waals surface area contributed by atoms with Crippen molar-refractivity contribution in [3.8, 4) is 0 Å². The lowest BCUT2D eigenvalue weighted by molar-refractivity contribution is 0.312. The van der Waals surface area contributed by atoms with Gasteiger partial charge < -0.3 is 10.2 Å². The predicted molar refractivity (Wildman–Crippen MR) is 92.1 cm³/mol. The van der Waals surface area contributed by atoms with Gasteiger partial charge in [0.15, 0.2) is 5.17 Å². The molecule has 1 aromatic carbocycles. The fourth-order valence-corrected chi connectivity index (χ4v) is 4.14. The second kappa shape index (κ2) is 7.32. The Hall–Kier alpha value is -1.00. The Morgan fingerprint density at radius 2 is 2.05 bits per heavy atom. The molecule has 0 spiro atoms. The van der Waals surface area contributed by atoms with Crippen LogP contribution in [0.2, 0.25) is 0 Å². The SMILES string of the molecule is CC(CN1CCCC1)NC1=NC(Cc2ccccc2)CS1. The summed E-state index contributed by atoms with van der Waals surface area (Å²) < 4.78 is 0. The summed E-state index contributed by atoms with van der Waals surface area (Å²) in [6, 6.07) is 11.6. The molecule has 1 fully saturated rings. The highest BCUT2D eigenvalue weighted by atomic mass is 32.2. The van der Waals surface area contributed by atoms with E-state index in [4.69, 9.17) is 4.99 Å². The maximum Gasteiger partial charge on any atom is 0.157 e. The molecule has 1 N–H and O–H groups in total. The third-order valence-corrected chi connectivity index (χ3v) is 5.18. The number of thioether (sulfide) groups is 1. The van der Waals surface area contributed by atoms with Crippen molar-refractivity contribution >= 4 is 16.9 Å². The molecule has 0 saturated carbocycles. The van der Waals surface area contributed by atoms with Crippen LogP contribution >= 0.6 is 11.8 Å². The van der Waals surface area contributed by atoms with E-state index in [2.05, 4.69) is 47.5 Å². The summed E-state index contributed by atoms with van der Waals surface area (Å²) >= 11 is 1.88. The molecule has 114 valence electrons. The van der Waals surface area contributed by atoms with E-state index in [0.29, 0.717) is 12.1 Å². The normalized spacial score (nSPS) is 24.0. The highest BCUT2D eigenvalue weighted by Crippen LogP contribution is 2.20. The van der Waals surface area contributed by atoms with Crippen LogP contribution in [0.3, 0.4) is 0 Å². The van der Waals surface area contributed by atoms with Crippen LogP contribution in [-0.2, 0) is 6.42 Å². The third-order valence-electron chi connectivity index (χ3n) is 4.13. The van der Waals surface area contributed by atoms with Crippen LogP contribution in [0.1, 0.15) is 25.3 Å². The molecule has 21 heavy (non-hydrogen) atoms. The summed E-state index contributed by atoms with van der Waals surface area (Å²) in [4.78, 5) is 7.40. The number of nitrogens with zero attached hydrogens (tertiary/aromatic N) is 2. The highest BCUT2D eigenvalue weighted by molar-refractivity contribution is 8.14. The minimum absolute atomic E-state index is 0.430. The van der Waals surface area contributed by atoms with E-state index in [0.717, 1.165) is 23.9 Å². The van der Waals surface area contributed by atoms with Crippen molar-refractivity contribution in [2.45, 2.75) is 38.3 Å². The van der Waals surface area contributed by atoms with Gasteiger partial charge in [-0.3, -0.25) is 4.99 Å². The number of amidine groups is 1. The van der Waals surface area contributed by atoms with Gasteiger partial charge in [-0.1, -0.05) is 42.1 Å². The molecule has 3 rings (SSSR count). The maximum absolute atomic E-state index is 4.85. The second-order valence-electron chi connectivity index (χ2n) is 6.14. The van der Waals surface area contributed by atoms with Gasteiger partial charge in [0.2, 0.25) is 0 Å². The summed E-state index contributed by atoms with van der Waals surface area (Å²) in [7, 11) is 0. The van der Waals surface area contributed by atoms with Crippen LogP contribution in [0.4, 0.5) is 0 Å². The zero-order valence-electron chi connectivity index (χ0n) is 12.8. The topological polar surface area (TPSA) is 27.6 Å². The third kappa shape index (κ3) is 4.48. The van der Waals surface area contributed by atoms with Gasteiger partial charge in [-0.15, -0.1) is 0 Å². The van der Waals surface area contributed by atoms with E-state index in [-0.39, 0.29) is 0 Å². The lowest BCUT2D eigenvalue weighted by Crippen LogP contribution is -2.39. The summed E-state index contributed by atoms with van der Waals surface area (Å²) in [6.45, 7) is 5.94. The van der Waals surface area contributed by atoms with Crippen LogP contribution in [0.5, 0.6) is 0 Å². The summed E-state index contributed by atoms with van der Waals surface area (Å²) in [5, 5.41) is 4.73. The first-order valence-corrected chi connectivity index (χ1v) is 9.01.